The minimum absolute atomic E-state index is 0.00940. The third kappa shape index (κ3) is 3.98. The number of nitrogens with zero attached hydrogens (tertiary/aromatic N) is 1. The molecule has 4 nitrogen and oxygen atoms in total. The Labute approximate surface area is 96.3 Å². The van der Waals surface area contributed by atoms with Gasteiger partial charge in [-0.15, -0.1) is 0 Å². The van der Waals surface area contributed by atoms with Gasteiger partial charge in [0.2, 0.25) is 5.91 Å². The quantitative estimate of drug-likeness (QED) is 0.795. The average molecular weight is 221 g/mol. The van der Waals surface area contributed by atoms with Crippen LogP contribution in [0.25, 0.3) is 0 Å². The zero-order valence-electron chi connectivity index (χ0n) is 9.86. The Bertz CT molecular complexity index is 335. The first-order chi connectivity index (χ1) is 7.63. The molecule has 0 aliphatic heterocycles. The van der Waals surface area contributed by atoms with Crippen LogP contribution in [-0.2, 0) is 4.79 Å². The zero-order valence-corrected chi connectivity index (χ0v) is 9.86. The van der Waals surface area contributed by atoms with Crippen LogP contribution in [0.5, 0.6) is 0 Å². The standard InChI is InChI=1S/C12H19N3O/c1-9(4-3-7-13)12(16)15-11-6-5-10(2)14-8-11/h5-6,8-9H,3-4,7,13H2,1-2H3,(H,15,16). The normalized spacial score (nSPS) is 12.2. The average Bonchev–Trinajstić information content (AvgIpc) is 2.29. The van der Waals surface area contributed by atoms with Gasteiger partial charge in [-0.1, -0.05) is 6.92 Å². The summed E-state index contributed by atoms with van der Waals surface area (Å²) in [4.78, 5) is 15.8. The Balaban J connectivity index is 2.47. The minimum atomic E-state index is -0.00940. The highest BCUT2D eigenvalue weighted by atomic mass is 16.1. The number of anilines is 1. The van der Waals surface area contributed by atoms with Crippen molar-refractivity contribution in [3.05, 3.63) is 24.0 Å². The van der Waals surface area contributed by atoms with Gasteiger partial charge in [0.25, 0.3) is 0 Å². The minimum Gasteiger partial charge on any atom is -0.330 e. The lowest BCUT2D eigenvalue weighted by molar-refractivity contribution is -0.119. The van der Waals surface area contributed by atoms with Crippen LogP contribution >= 0.6 is 0 Å². The summed E-state index contributed by atoms with van der Waals surface area (Å²) in [5.41, 5.74) is 7.09. The Morgan fingerprint density at radius 1 is 1.56 bits per heavy atom. The van der Waals surface area contributed by atoms with Crippen LogP contribution in [0.3, 0.4) is 0 Å². The Morgan fingerprint density at radius 3 is 2.88 bits per heavy atom. The number of aryl methyl sites for hydroxylation is 1. The van der Waals surface area contributed by atoms with E-state index >= 15 is 0 Å². The number of pyridine rings is 1. The number of nitrogens with one attached hydrogen (secondary N) is 1. The van der Waals surface area contributed by atoms with Crippen molar-refractivity contribution in [1.29, 1.82) is 0 Å². The van der Waals surface area contributed by atoms with Crippen LogP contribution in [0, 0.1) is 12.8 Å². The number of hydrogen-bond acceptors (Lipinski definition) is 3. The molecule has 1 aromatic heterocycles. The van der Waals surface area contributed by atoms with Crippen molar-refractivity contribution in [2.75, 3.05) is 11.9 Å². The third-order valence-electron chi connectivity index (χ3n) is 2.47. The molecule has 0 saturated carbocycles. The number of carbonyl (C=O) groups is 1. The van der Waals surface area contributed by atoms with Crippen molar-refractivity contribution in [3.8, 4) is 0 Å². The number of amides is 1. The first-order valence-electron chi connectivity index (χ1n) is 5.57. The van der Waals surface area contributed by atoms with E-state index in [9.17, 15) is 4.79 Å². The highest BCUT2D eigenvalue weighted by molar-refractivity contribution is 5.92. The van der Waals surface area contributed by atoms with Gasteiger partial charge in [0.15, 0.2) is 0 Å². The van der Waals surface area contributed by atoms with Gasteiger partial charge >= 0.3 is 0 Å². The molecule has 88 valence electrons. The van der Waals surface area contributed by atoms with Crippen molar-refractivity contribution in [1.82, 2.24) is 4.98 Å². The first kappa shape index (κ1) is 12.6. The molecule has 0 bridgehead atoms. The van der Waals surface area contributed by atoms with Gasteiger partial charge in [-0.05, 0) is 38.4 Å². The first-order valence-corrected chi connectivity index (χ1v) is 5.57. The summed E-state index contributed by atoms with van der Waals surface area (Å²) in [5.74, 6) is 0.0176. The van der Waals surface area contributed by atoms with Crippen LogP contribution in [0.1, 0.15) is 25.5 Å². The van der Waals surface area contributed by atoms with Crippen LogP contribution in [-0.4, -0.2) is 17.4 Å². The molecule has 0 aromatic carbocycles. The van der Waals surface area contributed by atoms with Gasteiger partial charge in [-0.25, -0.2) is 0 Å². The monoisotopic (exact) mass is 221 g/mol. The van der Waals surface area contributed by atoms with E-state index in [-0.39, 0.29) is 11.8 Å². The Morgan fingerprint density at radius 2 is 2.31 bits per heavy atom. The fourth-order valence-electron chi connectivity index (χ4n) is 1.36. The third-order valence-corrected chi connectivity index (χ3v) is 2.47. The molecule has 0 spiro atoms. The van der Waals surface area contributed by atoms with E-state index in [1.165, 1.54) is 0 Å². The fraction of sp³-hybridized carbons (Fsp3) is 0.500. The molecule has 3 N–H and O–H groups in total. The van der Waals surface area contributed by atoms with Crippen molar-refractivity contribution < 1.29 is 4.79 Å². The lowest BCUT2D eigenvalue weighted by atomic mass is 10.0. The molecule has 1 atom stereocenters. The Hall–Kier alpha value is -1.42. The van der Waals surface area contributed by atoms with Gasteiger partial charge in [0, 0.05) is 11.6 Å². The van der Waals surface area contributed by atoms with Crippen molar-refractivity contribution >= 4 is 11.6 Å². The molecule has 0 saturated heterocycles. The van der Waals surface area contributed by atoms with Crippen LogP contribution in [0.2, 0.25) is 0 Å². The fourth-order valence-corrected chi connectivity index (χ4v) is 1.36. The molecule has 1 amide bonds. The summed E-state index contributed by atoms with van der Waals surface area (Å²) >= 11 is 0. The van der Waals surface area contributed by atoms with E-state index in [0.29, 0.717) is 6.54 Å². The van der Waals surface area contributed by atoms with Gasteiger partial charge in [0.05, 0.1) is 11.9 Å². The summed E-state index contributed by atoms with van der Waals surface area (Å²) in [7, 11) is 0. The molecule has 0 fully saturated rings. The number of nitrogens with two attached hydrogens (primary N) is 1. The van der Waals surface area contributed by atoms with E-state index in [2.05, 4.69) is 10.3 Å². The van der Waals surface area contributed by atoms with Crippen LogP contribution in [0.4, 0.5) is 5.69 Å². The highest BCUT2D eigenvalue weighted by Crippen LogP contribution is 2.10. The number of carbonyl (C=O) groups excluding carboxylic acids is 1. The van der Waals surface area contributed by atoms with E-state index in [0.717, 1.165) is 24.2 Å². The predicted octanol–water partition coefficient (Wildman–Crippen LogP) is 1.70. The summed E-state index contributed by atoms with van der Waals surface area (Å²) in [5, 5.41) is 2.84. The van der Waals surface area contributed by atoms with Crippen LogP contribution < -0.4 is 11.1 Å². The molecule has 0 aliphatic rings. The number of rotatable bonds is 5. The number of aromatic nitrogens is 1. The summed E-state index contributed by atoms with van der Waals surface area (Å²) in [6.07, 6.45) is 3.37. The molecular formula is C12H19N3O. The molecule has 1 aromatic rings. The highest BCUT2D eigenvalue weighted by Gasteiger charge is 2.12. The second kappa shape index (κ2) is 6.23. The van der Waals surface area contributed by atoms with Gasteiger partial charge in [-0.2, -0.15) is 0 Å². The number of hydrogen-bond donors (Lipinski definition) is 2. The largest absolute Gasteiger partial charge is 0.330 e. The zero-order chi connectivity index (χ0) is 12.0. The van der Waals surface area contributed by atoms with Gasteiger partial charge in [-0.3, -0.25) is 9.78 Å². The Kier molecular flexibility index (Phi) is 4.92. The lowest BCUT2D eigenvalue weighted by Gasteiger charge is -2.11. The van der Waals surface area contributed by atoms with Gasteiger partial charge < -0.3 is 11.1 Å². The van der Waals surface area contributed by atoms with Crippen LogP contribution in [0.15, 0.2) is 18.3 Å². The molecule has 1 unspecified atom stereocenters. The molecular weight excluding hydrogens is 202 g/mol. The van der Waals surface area contributed by atoms with Crippen molar-refractivity contribution in [2.24, 2.45) is 11.7 Å². The van der Waals surface area contributed by atoms with E-state index in [4.69, 9.17) is 5.73 Å². The molecule has 0 radical (unpaired) electrons. The lowest BCUT2D eigenvalue weighted by Crippen LogP contribution is -2.21. The summed E-state index contributed by atoms with van der Waals surface area (Å²) < 4.78 is 0. The molecule has 1 rings (SSSR count). The predicted molar refractivity (Wildman–Crippen MR) is 65.1 cm³/mol. The van der Waals surface area contributed by atoms with E-state index in [1.54, 1.807) is 6.20 Å². The SMILES string of the molecule is Cc1ccc(NC(=O)C(C)CCCN)cn1. The second-order valence-corrected chi connectivity index (χ2v) is 4.01. The molecule has 1 heterocycles. The van der Waals surface area contributed by atoms with Gasteiger partial charge in [0.1, 0.15) is 0 Å². The van der Waals surface area contributed by atoms with E-state index < -0.39 is 0 Å². The molecule has 4 heteroatoms. The maximum atomic E-state index is 11.7. The maximum Gasteiger partial charge on any atom is 0.227 e. The summed E-state index contributed by atoms with van der Waals surface area (Å²) in [6, 6.07) is 3.73. The molecule has 16 heavy (non-hydrogen) atoms. The topological polar surface area (TPSA) is 68.0 Å². The smallest absolute Gasteiger partial charge is 0.227 e. The van der Waals surface area contributed by atoms with Crippen molar-refractivity contribution in [2.45, 2.75) is 26.7 Å². The summed E-state index contributed by atoms with van der Waals surface area (Å²) in [6.45, 7) is 4.45. The van der Waals surface area contributed by atoms with E-state index in [1.807, 2.05) is 26.0 Å². The van der Waals surface area contributed by atoms with Crippen molar-refractivity contribution in [3.63, 3.8) is 0 Å². The maximum absolute atomic E-state index is 11.7. The molecule has 0 aliphatic carbocycles. The second-order valence-electron chi connectivity index (χ2n) is 4.01.